The van der Waals surface area contributed by atoms with Crippen molar-refractivity contribution < 1.29 is 9.53 Å². The molecule has 2 aromatic rings. The summed E-state index contributed by atoms with van der Waals surface area (Å²) in [6.45, 7) is -0.190. The van der Waals surface area contributed by atoms with Gasteiger partial charge >= 0.3 is 5.97 Å². The Bertz CT molecular complexity index is 715. The van der Waals surface area contributed by atoms with Gasteiger partial charge in [0.05, 0.1) is 5.02 Å². The fourth-order valence-electron chi connectivity index (χ4n) is 1.48. The Hall–Kier alpha value is -1.11. The first-order valence-corrected chi connectivity index (χ1v) is 7.44. The molecular formula is C13H8Br2ClNO3. The number of halogens is 3. The maximum absolute atomic E-state index is 11.8. The maximum Gasteiger partial charge on any atom is 0.331 e. The number of nitrogens with zero attached hydrogens (tertiary/aromatic N) is 1. The number of hydrogen-bond acceptors (Lipinski definition) is 3. The molecule has 0 amide bonds. The highest BCUT2D eigenvalue weighted by molar-refractivity contribution is 9.10. The molecule has 0 saturated carbocycles. The van der Waals surface area contributed by atoms with Crippen molar-refractivity contribution in [3.8, 4) is 5.75 Å². The lowest BCUT2D eigenvalue weighted by molar-refractivity contribution is -0.135. The third-order valence-corrected chi connectivity index (χ3v) is 3.62. The summed E-state index contributed by atoms with van der Waals surface area (Å²) in [6.07, 6.45) is 1.52. The van der Waals surface area contributed by atoms with E-state index < -0.39 is 5.97 Å². The van der Waals surface area contributed by atoms with E-state index in [1.807, 2.05) is 0 Å². The fourth-order valence-corrected chi connectivity index (χ4v) is 2.57. The molecule has 0 saturated heterocycles. The first-order valence-electron chi connectivity index (χ1n) is 5.47. The molecule has 104 valence electrons. The molecule has 0 N–H and O–H groups in total. The van der Waals surface area contributed by atoms with Crippen LogP contribution in [0.25, 0.3) is 0 Å². The zero-order valence-electron chi connectivity index (χ0n) is 9.98. The number of ether oxygens (including phenoxy) is 1. The van der Waals surface area contributed by atoms with E-state index in [2.05, 4.69) is 31.9 Å². The molecule has 1 aromatic heterocycles. The second-order valence-corrected chi connectivity index (χ2v) is 6.10. The molecule has 0 spiro atoms. The molecule has 1 heterocycles. The minimum Gasteiger partial charge on any atom is -0.424 e. The molecule has 1 aromatic carbocycles. The Morgan fingerprint density at radius 2 is 1.90 bits per heavy atom. The van der Waals surface area contributed by atoms with Crippen molar-refractivity contribution in [2.45, 2.75) is 6.54 Å². The number of hydrogen-bond donors (Lipinski definition) is 0. The van der Waals surface area contributed by atoms with Gasteiger partial charge < -0.3 is 9.30 Å². The third kappa shape index (κ3) is 3.94. The van der Waals surface area contributed by atoms with Gasteiger partial charge in [-0.1, -0.05) is 27.5 Å². The minimum absolute atomic E-state index is 0.190. The molecular weight excluding hydrogens is 413 g/mol. The lowest BCUT2D eigenvalue weighted by atomic mass is 10.3. The van der Waals surface area contributed by atoms with Crippen LogP contribution in [0.5, 0.6) is 5.75 Å². The molecule has 0 aliphatic carbocycles. The number of aromatic nitrogens is 1. The normalized spacial score (nSPS) is 10.3. The summed E-state index contributed by atoms with van der Waals surface area (Å²) in [5, 5.41) is 0.314. The van der Waals surface area contributed by atoms with Gasteiger partial charge in [-0.25, -0.2) is 4.79 Å². The van der Waals surface area contributed by atoms with Crippen LogP contribution in [-0.4, -0.2) is 10.5 Å². The molecule has 0 fully saturated rings. The van der Waals surface area contributed by atoms with E-state index in [9.17, 15) is 9.59 Å². The highest BCUT2D eigenvalue weighted by atomic mass is 79.9. The topological polar surface area (TPSA) is 48.3 Å². The predicted octanol–water partition coefficient (Wildman–Crippen LogP) is 3.63. The average molecular weight is 421 g/mol. The SMILES string of the molecule is O=C(Cn1cc(Br)ccc1=O)Oc1ccc(Br)cc1Cl. The Balaban J connectivity index is 2.13. The van der Waals surface area contributed by atoms with Crippen LogP contribution in [-0.2, 0) is 11.3 Å². The number of rotatable bonds is 3. The van der Waals surface area contributed by atoms with Crippen molar-refractivity contribution >= 4 is 49.4 Å². The van der Waals surface area contributed by atoms with Crippen LogP contribution in [0.1, 0.15) is 0 Å². The monoisotopic (exact) mass is 419 g/mol. The van der Waals surface area contributed by atoms with Gasteiger partial charge in [0.15, 0.2) is 0 Å². The van der Waals surface area contributed by atoms with Gasteiger partial charge in [0, 0.05) is 21.2 Å². The summed E-state index contributed by atoms with van der Waals surface area (Å²) in [4.78, 5) is 23.4. The van der Waals surface area contributed by atoms with Crippen molar-refractivity contribution in [2.75, 3.05) is 0 Å². The van der Waals surface area contributed by atoms with Crippen LogP contribution in [0.4, 0.5) is 0 Å². The maximum atomic E-state index is 11.8. The third-order valence-electron chi connectivity index (χ3n) is 2.36. The molecule has 7 heteroatoms. The highest BCUT2D eigenvalue weighted by Crippen LogP contribution is 2.27. The molecule has 0 atom stereocenters. The summed E-state index contributed by atoms with van der Waals surface area (Å²) < 4.78 is 7.86. The van der Waals surface area contributed by atoms with E-state index in [0.717, 1.165) is 4.47 Å². The van der Waals surface area contributed by atoms with Gasteiger partial charge in [0.25, 0.3) is 5.56 Å². The van der Waals surface area contributed by atoms with E-state index in [1.165, 1.54) is 16.8 Å². The quantitative estimate of drug-likeness (QED) is 0.562. The number of carbonyl (C=O) groups excluding carboxylic acids is 1. The first-order chi connectivity index (χ1) is 9.45. The van der Waals surface area contributed by atoms with Crippen molar-refractivity contribution in [1.82, 2.24) is 4.57 Å². The van der Waals surface area contributed by atoms with E-state index in [1.54, 1.807) is 24.3 Å². The minimum atomic E-state index is -0.575. The van der Waals surface area contributed by atoms with Crippen LogP contribution in [0.15, 0.2) is 50.3 Å². The highest BCUT2D eigenvalue weighted by Gasteiger charge is 2.10. The van der Waals surface area contributed by atoms with Crippen molar-refractivity contribution in [3.63, 3.8) is 0 Å². The Labute approximate surface area is 136 Å². The summed E-state index contributed by atoms with van der Waals surface area (Å²) in [7, 11) is 0. The summed E-state index contributed by atoms with van der Waals surface area (Å²) in [5.41, 5.74) is -0.285. The molecule has 0 aliphatic rings. The Morgan fingerprint density at radius 1 is 1.20 bits per heavy atom. The van der Waals surface area contributed by atoms with Gasteiger partial charge in [0.1, 0.15) is 12.3 Å². The molecule has 4 nitrogen and oxygen atoms in total. The standard InChI is InChI=1S/C13H8Br2ClNO3/c14-8-1-3-11(10(16)5-8)20-13(19)7-17-6-9(15)2-4-12(17)18/h1-6H,7H2. The Kier molecular flexibility index (Phi) is 5.01. The number of esters is 1. The molecule has 0 unspecified atom stereocenters. The zero-order valence-corrected chi connectivity index (χ0v) is 13.9. The molecule has 0 radical (unpaired) electrons. The summed E-state index contributed by atoms with van der Waals surface area (Å²) >= 11 is 12.4. The van der Waals surface area contributed by atoms with Crippen LogP contribution in [0.3, 0.4) is 0 Å². The van der Waals surface area contributed by atoms with Crippen molar-refractivity contribution in [2.24, 2.45) is 0 Å². The van der Waals surface area contributed by atoms with Crippen LogP contribution in [0.2, 0.25) is 5.02 Å². The van der Waals surface area contributed by atoms with Crippen LogP contribution >= 0.6 is 43.5 Å². The second-order valence-electron chi connectivity index (χ2n) is 3.86. The molecule has 0 bridgehead atoms. The Morgan fingerprint density at radius 3 is 2.60 bits per heavy atom. The van der Waals surface area contributed by atoms with Crippen molar-refractivity contribution in [1.29, 1.82) is 0 Å². The van der Waals surface area contributed by atoms with Gasteiger partial charge in [-0.2, -0.15) is 0 Å². The van der Waals surface area contributed by atoms with Gasteiger partial charge in [-0.05, 0) is 40.2 Å². The average Bonchev–Trinajstić information content (AvgIpc) is 2.37. The summed E-state index contributed by atoms with van der Waals surface area (Å²) in [5.74, 6) is -0.322. The van der Waals surface area contributed by atoms with Gasteiger partial charge in [-0.3, -0.25) is 4.79 Å². The van der Waals surface area contributed by atoms with E-state index in [-0.39, 0.29) is 17.9 Å². The largest absolute Gasteiger partial charge is 0.424 e. The smallest absolute Gasteiger partial charge is 0.331 e. The number of benzene rings is 1. The number of carbonyl (C=O) groups is 1. The first kappa shape index (κ1) is 15.3. The van der Waals surface area contributed by atoms with Gasteiger partial charge in [-0.15, -0.1) is 0 Å². The second kappa shape index (κ2) is 6.56. The summed E-state index contributed by atoms with van der Waals surface area (Å²) in [6, 6.07) is 7.88. The molecule has 20 heavy (non-hydrogen) atoms. The molecule has 0 aliphatic heterocycles. The number of pyridine rings is 1. The van der Waals surface area contributed by atoms with Gasteiger partial charge in [0.2, 0.25) is 0 Å². The van der Waals surface area contributed by atoms with Crippen LogP contribution in [0, 0.1) is 0 Å². The lowest BCUT2D eigenvalue weighted by Gasteiger charge is -2.08. The van der Waals surface area contributed by atoms with E-state index in [0.29, 0.717) is 9.50 Å². The van der Waals surface area contributed by atoms with Crippen LogP contribution < -0.4 is 10.3 Å². The fraction of sp³-hybridized carbons (Fsp3) is 0.0769. The van der Waals surface area contributed by atoms with Crippen molar-refractivity contribution in [3.05, 3.63) is 60.9 Å². The lowest BCUT2D eigenvalue weighted by Crippen LogP contribution is -2.25. The molecule has 2 rings (SSSR count). The predicted molar refractivity (Wildman–Crippen MR) is 83.2 cm³/mol. The van der Waals surface area contributed by atoms with E-state index >= 15 is 0 Å². The zero-order chi connectivity index (χ0) is 14.7. The van der Waals surface area contributed by atoms with E-state index in [4.69, 9.17) is 16.3 Å².